The quantitative estimate of drug-likeness (QED) is 0.812. The fourth-order valence-corrected chi connectivity index (χ4v) is 1.07. The Balaban J connectivity index is 3.24. The normalized spacial score (nSPS) is 15.3. The van der Waals surface area contributed by atoms with Gasteiger partial charge in [-0.15, -0.1) is 5.10 Å². The molecule has 84 valence electrons. The number of rotatable bonds is 4. The fraction of sp³-hybridized carbons (Fsp3) is 0.714. The zero-order valence-electron chi connectivity index (χ0n) is 8.18. The van der Waals surface area contributed by atoms with Gasteiger partial charge in [-0.05, 0) is 23.8 Å². The van der Waals surface area contributed by atoms with Gasteiger partial charge in [0.1, 0.15) is 0 Å². The van der Waals surface area contributed by atoms with Crippen molar-refractivity contribution in [2.75, 3.05) is 0 Å². The van der Waals surface area contributed by atoms with Crippen LogP contribution in [0, 0.1) is 0 Å². The second-order valence-electron chi connectivity index (χ2n) is 3.18. The van der Waals surface area contributed by atoms with Crippen molar-refractivity contribution in [1.82, 2.24) is 20.2 Å². The predicted molar refractivity (Wildman–Crippen MR) is 44.3 cm³/mol. The molecule has 1 atom stereocenters. The molecule has 15 heavy (non-hydrogen) atoms. The second kappa shape index (κ2) is 3.87. The van der Waals surface area contributed by atoms with Crippen molar-refractivity contribution in [3.8, 4) is 0 Å². The summed E-state index contributed by atoms with van der Waals surface area (Å²) >= 11 is 0. The Hall–Kier alpha value is -1.60. The molecule has 1 unspecified atom stereocenters. The minimum Gasteiger partial charge on any atom is -0.479 e. The van der Waals surface area contributed by atoms with Gasteiger partial charge in [-0.1, -0.05) is 6.92 Å². The largest absolute Gasteiger partial charge is 0.479 e. The molecule has 1 N–H and O–H groups in total. The summed E-state index contributed by atoms with van der Waals surface area (Å²) in [6.45, 7) is 2.85. The SMILES string of the molecule is CCC(C)(C(=O)O)n1nnnc1C(F)F. The summed E-state index contributed by atoms with van der Waals surface area (Å²) in [6, 6.07) is 0. The van der Waals surface area contributed by atoms with Gasteiger partial charge in [0.05, 0.1) is 0 Å². The van der Waals surface area contributed by atoms with E-state index in [9.17, 15) is 13.6 Å². The molecule has 1 heterocycles. The predicted octanol–water partition coefficient (Wildman–Crippen LogP) is 0.820. The van der Waals surface area contributed by atoms with Crippen LogP contribution in [-0.2, 0) is 10.3 Å². The highest BCUT2D eigenvalue weighted by Gasteiger charge is 2.38. The number of aliphatic carboxylic acids is 1. The number of hydrogen-bond acceptors (Lipinski definition) is 4. The van der Waals surface area contributed by atoms with Crippen molar-refractivity contribution in [2.45, 2.75) is 32.2 Å². The van der Waals surface area contributed by atoms with E-state index in [1.807, 2.05) is 0 Å². The molecule has 6 nitrogen and oxygen atoms in total. The lowest BCUT2D eigenvalue weighted by molar-refractivity contribution is -0.147. The van der Waals surface area contributed by atoms with Crippen LogP contribution in [0.25, 0.3) is 0 Å². The minimum atomic E-state index is -2.90. The summed E-state index contributed by atoms with van der Waals surface area (Å²) in [5, 5.41) is 18.4. The monoisotopic (exact) mass is 220 g/mol. The summed E-state index contributed by atoms with van der Waals surface area (Å²) in [4.78, 5) is 11.0. The maximum atomic E-state index is 12.4. The van der Waals surface area contributed by atoms with Crippen molar-refractivity contribution in [1.29, 1.82) is 0 Å². The molecule has 0 aliphatic rings. The number of nitrogens with zero attached hydrogens (tertiary/aromatic N) is 4. The zero-order chi connectivity index (χ0) is 11.6. The molecular weight excluding hydrogens is 210 g/mol. The maximum absolute atomic E-state index is 12.4. The molecule has 0 aromatic carbocycles. The number of halogens is 2. The Bertz CT molecular complexity index is 368. The summed E-state index contributed by atoms with van der Waals surface area (Å²) in [5.74, 6) is -1.99. The first kappa shape index (κ1) is 11.5. The summed E-state index contributed by atoms with van der Waals surface area (Å²) < 4.78 is 25.5. The fourth-order valence-electron chi connectivity index (χ4n) is 1.07. The summed E-state index contributed by atoms with van der Waals surface area (Å²) in [7, 11) is 0. The number of carboxylic acid groups (broad SMARTS) is 1. The molecule has 8 heteroatoms. The molecule has 0 radical (unpaired) electrons. The van der Waals surface area contributed by atoms with Crippen molar-refractivity contribution in [2.24, 2.45) is 0 Å². The second-order valence-corrected chi connectivity index (χ2v) is 3.18. The molecular formula is C7H10F2N4O2. The van der Waals surface area contributed by atoms with Crippen LogP contribution in [0.15, 0.2) is 0 Å². The Morgan fingerprint density at radius 1 is 1.67 bits per heavy atom. The van der Waals surface area contributed by atoms with E-state index in [0.717, 1.165) is 0 Å². The molecule has 0 amide bonds. The standard InChI is InChI=1S/C7H10F2N4O2/c1-3-7(2,6(14)15)13-5(4(8)9)10-11-12-13/h4H,3H2,1-2H3,(H,14,15). The van der Waals surface area contributed by atoms with E-state index in [1.54, 1.807) is 6.92 Å². The highest BCUT2D eigenvalue weighted by molar-refractivity contribution is 5.76. The smallest absolute Gasteiger partial charge is 0.331 e. The summed E-state index contributed by atoms with van der Waals surface area (Å²) in [6.07, 6.45) is -2.79. The van der Waals surface area contributed by atoms with E-state index in [4.69, 9.17) is 5.11 Å². The number of carboxylic acids is 1. The van der Waals surface area contributed by atoms with Crippen LogP contribution >= 0.6 is 0 Å². The van der Waals surface area contributed by atoms with E-state index in [0.29, 0.717) is 4.68 Å². The molecule has 0 spiro atoms. The van der Waals surface area contributed by atoms with Crippen molar-refractivity contribution < 1.29 is 18.7 Å². The van der Waals surface area contributed by atoms with E-state index in [-0.39, 0.29) is 6.42 Å². The molecule has 1 rings (SSSR count). The van der Waals surface area contributed by atoms with E-state index >= 15 is 0 Å². The molecule has 0 bridgehead atoms. The minimum absolute atomic E-state index is 0.104. The number of alkyl halides is 2. The lowest BCUT2D eigenvalue weighted by Crippen LogP contribution is -2.40. The Morgan fingerprint density at radius 3 is 2.67 bits per heavy atom. The third kappa shape index (κ3) is 1.79. The van der Waals surface area contributed by atoms with Crippen LogP contribution in [0.5, 0.6) is 0 Å². The van der Waals surface area contributed by atoms with Gasteiger partial charge < -0.3 is 5.11 Å². The van der Waals surface area contributed by atoms with Gasteiger partial charge in [0.25, 0.3) is 6.43 Å². The van der Waals surface area contributed by atoms with Crippen LogP contribution in [0.1, 0.15) is 32.5 Å². The Morgan fingerprint density at radius 2 is 2.27 bits per heavy atom. The molecule has 0 saturated carbocycles. The van der Waals surface area contributed by atoms with Crippen LogP contribution in [0.4, 0.5) is 8.78 Å². The summed E-state index contributed by atoms with van der Waals surface area (Å²) in [5.41, 5.74) is -1.55. The Kier molecular flexibility index (Phi) is 2.96. The van der Waals surface area contributed by atoms with Crippen molar-refractivity contribution in [3.05, 3.63) is 5.82 Å². The van der Waals surface area contributed by atoms with Gasteiger partial charge in [-0.2, -0.15) is 0 Å². The van der Waals surface area contributed by atoms with E-state index < -0.39 is 23.8 Å². The number of aromatic nitrogens is 4. The first-order valence-electron chi connectivity index (χ1n) is 4.23. The molecule has 0 aliphatic heterocycles. The van der Waals surface area contributed by atoms with Gasteiger partial charge in [0.2, 0.25) is 5.82 Å². The topological polar surface area (TPSA) is 80.9 Å². The van der Waals surface area contributed by atoms with E-state index in [2.05, 4.69) is 15.5 Å². The molecule has 0 fully saturated rings. The number of carbonyl (C=O) groups is 1. The lowest BCUT2D eigenvalue weighted by atomic mass is 9.99. The average molecular weight is 220 g/mol. The van der Waals surface area contributed by atoms with Gasteiger partial charge in [-0.3, -0.25) is 0 Å². The van der Waals surface area contributed by atoms with Gasteiger partial charge >= 0.3 is 5.97 Å². The first-order chi connectivity index (χ1) is 6.93. The first-order valence-corrected chi connectivity index (χ1v) is 4.23. The Labute approximate surface area is 83.9 Å². The number of tetrazole rings is 1. The molecule has 1 aromatic heterocycles. The van der Waals surface area contributed by atoms with Crippen LogP contribution in [0.3, 0.4) is 0 Å². The molecule has 0 aliphatic carbocycles. The van der Waals surface area contributed by atoms with Crippen LogP contribution in [-0.4, -0.2) is 31.3 Å². The van der Waals surface area contributed by atoms with Gasteiger partial charge in [0, 0.05) is 0 Å². The molecule has 0 saturated heterocycles. The highest BCUT2D eigenvalue weighted by atomic mass is 19.3. The maximum Gasteiger partial charge on any atom is 0.331 e. The molecule has 1 aromatic rings. The van der Waals surface area contributed by atoms with Crippen LogP contribution in [0.2, 0.25) is 0 Å². The highest BCUT2D eigenvalue weighted by Crippen LogP contribution is 2.25. The number of hydrogen-bond donors (Lipinski definition) is 1. The third-order valence-electron chi connectivity index (χ3n) is 2.31. The lowest BCUT2D eigenvalue weighted by Gasteiger charge is -2.23. The van der Waals surface area contributed by atoms with Gasteiger partial charge in [0.15, 0.2) is 5.54 Å². The van der Waals surface area contributed by atoms with Crippen LogP contribution < -0.4 is 0 Å². The third-order valence-corrected chi connectivity index (χ3v) is 2.31. The van der Waals surface area contributed by atoms with Crippen molar-refractivity contribution in [3.63, 3.8) is 0 Å². The zero-order valence-corrected chi connectivity index (χ0v) is 8.18. The van der Waals surface area contributed by atoms with Crippen molar-refractivity contribution >= 4 is 5.97 Å². The van der Waals surface area contributed by atoms with Gasteiger partial charge in [-0.25, -0.2) is 18.3 Å². The van der Waals surface area contributed by atoms with E-state index in [1.165, 1.54) is 6.92 Å². The average Bonchev–Trinajstić information content (AvgIpc) is 2.64.